The fourth-order valence-corrected chi connectivity index (χ4v) is 2.42. The molecule has 0 saturated carbocycles. The van der Waals surface area contributed by atoms with Crippen molar-refractivity contribution in [1.82, 2.24) is 9.78 Å². The van der Waals surface area contributed by atoms with Gasteiger partial charge in [0.1, 0.15) is 0 Å². The van der Waals surface area contributed by atoms with Crippen molar-refractivity contribution in [3.63, 3.8) is 0 Å². The molecule has 8 heteroatoms. The van der Waals surface area contributed by atoms with Gasteiger partial charge in [0.15, 0.2) is 0 Å². The molecule has 0 amide bonds. The van der Waals surface area contributed by atoms with E-state index in [4.69, 9.17) is 5.73 Å². The van der Waals surface area contributed by atoms with Crippen LogP contribution in [0.2, 0.25) is 0 Å². The van der Waals surface area contributed by atoms with Crippen molar-refractivity contribution in [2.45, 2.75) is 19.9 Å². The van der Waals surface area contributed by atoms with Gasteiger partial charge in [-0.1, -0.05) is 18.7 Å². The van der Waals surface area contributed by atoms with E-state index in [0.29, 0.717) is 10.6 Å². The molecule has 0 saturated heterocycles. The van der Waals surface area contributed by atoms with Crippen LogP contribution in [-0.2, 0) is 4.79 Å². The highest BCUT2D eigenvalue weighted by molar-refractivity contribution is 6.14. The first-order valence-corrected chi connectivity index (χ1v) is 7.45. The van der Waals surface area contributed by atoms with Gasteiger partial charge in [-0.15, -0.1) is 0 Å². The van der Waals surface area contributed by atoms with Gasteiger partial charge < -0.3 is 10.8 Å². The van der Waals surface area contributed by atoms with E-state index in [2.05, 4.69) is 11.7 Å². The number of benzene rings is 1. The number of carboxylic acids is 1. The predicted molar refractivity (Wildman–Crippen MR) is 93.7 cm³/mol. The molecule has 0 unspecified atom stereocenters. The summed E-state index contributed by atoms with van der Waals surface area (Å²) in [6.45, 7) is 7.65. The second-order valence-corrected chi connectivity index (χ2v) is 5.64. The average Bonchev–Trinajstić information content (AvgIpc) is 2.93. The van der Waals surface area contributed by atoms with Crippen molar-refractivity contribution in [2.75, 3.05) is 0 Å². The number of hydrogen-bond donors (Lipinski definition) is 2. The molecule has 1 aromatic carbocycles. The fourth-order valence-electron chi connectivity index (χ4n) is 2.42. The number of para-hydroxylation sites is 1. The summed E-state index contributed by atoms with van der Waals surface area (Å²) in [5.74, 6) is -1.23. The van der Waals surface area contributed by atoms with Crippen LogP contribution in [0, 0.1) is 10.1 Å². The number of hydrogen-bond acceptors (Lipinski definition) is 5. The number of nitrogens with zero attached hydrogens (tertiary/aromatic N) is 3. The van der Waals surface area contributed by atoms with Gasteiger partial charge in [-0.3, -0.25) is 14.8 Å². The first-order chi connectivity index (χ1) is 11.7. The molecule has 0 fully saturated rings. The third kappa shape index (κ3) is 3.57. The van der Waals surface area contributed by atoms with Crippen LogP contribution in [0.4, 0.5) is 5.69 Å². The van der Waals surface area contributed by atoms with E-state index in [9.17, 15) is 20.0 Å². The molecule has 0 aliphatic heterocycles. The van der Waals surface area contributed by atoms with Gasteiger partial charge in [0.05, 0.1) is 27.6 Å². The first kappa shape index (κ1) is 17.9. The Bertz CT molecular complexity index is 973. The summed E-state index contributed by atoms with van der Waals surface area (Å²) in [5.41, 5.74) is 5.74. The molecular formula is C17H18N4O4. The lowest BCUT2D eigenvalue weighted by Crippen LogP contribution is -2.32. The Hall–Kier alpha value is -3.42. The number of aromatic nitrogens is 2. The van der Waals surface area contributed by atoms with Crippen molar-refractivity contribution in [1.29, 1.82) is 0 Å². The van der Waals surface area contributed by atoms with E-state index >= 15 is 0 Å². The Morgan fingerprint density at radius 1 is 1.44 bits per heavy atom. The number of aliphatic carboxylic acids is 1. The standard InChI is InChI=1S/C17H18N4O4/c1-10(2)20-11(3)14(9-19-20)13(17(22)23)8-15(18)12-6-4-5-7-16(12)21(24)25/h4-10H,3,18H2,1-2H3,(H,22,23)/b14-13+,15-8-. The average molecular weight is 342 g/mol. The highest BCUT2D eigenvalue weighted by atomic mass is 16.6. The summed E-state index contributed by atoms with van der Waals surface area (Å²) in [7, 11) is 0. The summed E-state index contributed by atoms with van der Waals surface area (Å²) >= 11 is 0. The smallest absolute Gasteiger partial charge is 0.336 e. The summed E-state index contributed by atoms with van der Waals surface area (Å²) in [4.78, 5) is 22.2. The van der Waals surface area contributed by atoms with Gasteiger partial charge in [0.2, 0.25) is 0 Å². The number of carbonyl (C=O) groups is 1. The van der Waals surface area contributed by atoms with E-state index in [1.807, 2.05) is 13.8 Å². The van der Waals surface area contributed by atoms with Crippen molar-refractivity contribution in [3.8, 4) is 0 Å². The largest absolute Gasteiger partial charge is 0.478 e. The number of nitrogens with two attached hydrogens (primary N) is 1. The van der Waals surface area contributed by atoms with E-state index in [1.165, 1.54) is 30.5 Å². The van der Waals surface area contributed by atoms with Crippen LogP contribution in [0.1, 0.15) is 25.5 Å². The Labute approximate surface area is 143 Å². The lowest BCUT2D eigenvalue weighted by molar-refractivity contribution is -0.385. The van der Waals surface area contributed by atoms with Crippen LogP contribution in [0.25, 0.3) is 17.8 Å². The maximum absolute atomic E-state index is 11.7. The molecule has 2 aromatic rings. The zero-order valence-corrected chi connectivity index (χ0v) is 13.8. The summed E-state index contributed by atoms with van der Waals surface area (Å²) < 4.78 is 1.59. The Morgan fingerprint density at radius 2 is 2.08 bits per heavy atom. The van der Waals surface area contributed by atoms with Crippen LogP contribution in [0.3, 0.4) is 0 Å². The Morgan fingerprint density at radius 3 is 2.60 bits per heavy atom. The molecular weight excluding hydrogens is 324 g/mol. The number of carboxylic acid groups (broad SMARTS) is 1. The van der Waals surface area contributed by atoms with Crippen molar-refractivity contribution < 1.29 is 14.8 Å². The first-order valence-electron chi connectivity index (χ1n) is 7.45. The molecule has 8 nitrogen and oxygen atoms in total. The number of nitro groups is 1. The number of rotatable bonds is 5. The number of nitro benzene ring substituents is 1. The lowest BCUT2D eigenvalue weighted by atomic mass is 10.1. The van der Waals surface area contributed by atoms with E-state index in [-0.39, 0.29) is 28.6 Å². The molecule has 130 valence electrons. The quantitative estimate of drug-likeness (QED) is 0.617. The fraction of sp³-hybridized carbons (Fsp3) is 0.176. The minimum absolute atomic E-state index is 0.00725. The topological polar surface area (TPSA) is 124 Å². The van der Waals surface area contributed by atoms with Crippen molar-refractivity contribution >= 4 is 29.5 Å². The third-order valence-corrected chi connectivity index (χ3v) is 3.62. The molecule has 1 aromatic heterocycles. The predicted octanol–water partition coefficient (Wildman–Crippen LogP) is 1.02. The Kier molecular flexibility index (Phi) is 5.02. The monoisotopic (exact) mass is 342 g/mol. The van der Waals surface area contributed by atoms with Gasteiger partial charge in [0, 0.05) is 23.0 Å². The van der Waals surface area contributed by atoms with Gasteiger partial charge in [-0.2, -0.15) is 5.10 Å². The van der Waals surface area contributed by atoms with Crippen molar-refractivity contribution in [3.05, 3.63) is 62.8 Å². The normalized spacial score (nSPS) is 13.0. The van der Waals surface area contributed by atoms with E-state index in [1.54, 1.807) is 10.7 Å². The van der Waals surface area contributed by atoms with Gasteiger partial charge in [-0.05, 0) is 26.0 Å². The van der Waals surface area contributed by atoms with Crippen LogP contribution < -0.4 is 16.3 Å². The molecule has 2 rings (SSSR count). The maximum Gasteiger partial charge on any atom is 0.336 e. The SMILES string of the molecule is C=c1/c(=C(\C=C(/N)c2ccccc2[N+](=O)[O-])C(=O)O)cnn1C(C)C. The second kappa shape index (κ2) is 7.00. The highest BCUT2D eigenvalue weighted by Gasteiger charge is 2.17. The van der Waals surface area contributed by atoms with Crippen LogP contribution in [0.15, 0.2) is 36.5 Å². The maximum atomic E-state index is 11.7. The molecule has 0 bridgehead atoms. The molecule has 1 heterocycles. The van der Waals surface area contributed by atoms with Crippen LogP contribution >= 0.6 is 0 Å². The zero-order chi connectivity index (χ0) is 18.7. The molecule has 0 atom stereocenters. The minimum Gasteiger partial charge on any atom is -0.478 e. The van der Waals surface area contributed by atoms with Crippen LogP contribution in [-0.4, -0.2) is 25.8 Å². The molecule has 25 heavy (non-hydrogen) atoms. The molecule has 3 N–H and O–H groups in total. The second-order valence-electron chi connectivity index (χ2n) is 5.64. The highest BCUT2D eigenvalue weighted by Crippen LogP contribution is 2.23. The van der Waals surface area contributed by atoms with Gasteiger partial charge in [0.25, 0.3) is 5.69 Å². The molecule has 0 spiro atoms. The van der Waals surface area contributed by atoms with Gasteiger partial charge in [-0.25, -0.2) is 4.79 Å². The lowest BCUT2D eigenvalue weighted by Gasteiger charge is -2.05. The summed E-state index contributed by atoms with van der Waals surface area (Å²) in [6, 6.07) is 5.88. The Balaban J connectivity index is 2.71. The minimum atomic E-state index is -1.23. The van der Waals surface area contributed by atoms with E-state index < -0.39 is 10.9 Å². The van der Waals surface area contributed by atoms with Crippen molar-refractivity contribution in [2.24, 2.45) is 5.73 Å². The van der Waals surface area contributed by atoms with Gasteiger partial charge >= 0.3 is 5.97 Å². The van der Waals surface area contributed by atoms with Crippen LogP contribution in [0.5, 0.6) is 0 Å². The summed E-state index contributed by atoms with van der Waals surface area (Å²) in [6.07, 6.45) is 2.59. The third-order valence-electron chi connectivity index (χ3n) is 3.62. The molecule has 0 aliphatic rings. The summed E-state index contributed by atoms with van der Waals surface area (Å²) in [5, 5.41) is 25.5. The van der Waals surface area contributed by atoms with E-state index in [0.717, 1.165) is 0 Å². The molecule has 0 aliphatic carbocycles. The zero-order valence-electron chi connectivity index (χ0n) is 13.8. The molecule has 0 radical (unpaired) electrons.